The number of hydrogen-bond donors (Lipinski definition) is 0. The number of aryl methyl sites for hydroxylation is 1. The first-order valence-electron chi connectivity index (χ1n) is 5.85. The zero-order valence-electron chi connectivity index (χ0n) is 9.15. The van der Waals surface area contributed by atoms with Crippen LogP contribution in [0.5, 0.6) is 0 Å². The topological polar surface area (TPSA) is 34.4 Å². The molecule has 0 saturated heterocycles. The van der Waals surface area contributed by atoms with Crippen LogP contribution in [0.1, 0.15) is 30.5 Å². The summed E-state index contributed by atoms with van der Waals surface area (Å²) < 4.78 is 1.66. The number of nitrogens with zero attached hydrogens (tertiary/aromatic N) is 2. The third-order valence-corrected chi connectivity index (χ3v) is 3.25. The third-order valence-electron chi connectivity index (χ3n) is 3.25. The highest BCUT2D eigenvalue weighted by Gasteiger charge is 2.14. The molecule has 0 unspecified atom stereocenters. The van der Waals surface area contributed by atoms with Crippen molar-refractivity contribution in [1.82, 2.24) is 9.38 Å². The molecule has 2 aromatic rings. The lowest BCUT2D eigenvalue weighted by molar-refractivity contribution is 0.708. The van der Waals surface area contributed by atoms with Crippen molar-refractivity contribution < 1.29 is 0 Å². The lowest BCUT2D eigenvalue weighted by atomic mass is 10.1. The molecule has 3 nitrogen and oxygen atoms in total. The van der Waals surface area contributed by atoms with Gasteiger partial charge in [0.2, 0.25) is 0 Å². The summed E-state index contributed by atoms with van der Waals surface area (Å²) in [5, 5.41) is 0. The Kier molecular flexibility index (Phi) is 2.24. The molecule has 3 rings (SSSR count). The van der Waals surface area contributed by atoms with Gasteiger partial charge in [0.05, 0.1) is 5.69 Å². The summed E-state index contributed by atoms with van der Waals surface area (Å²) in [7, 11) is 0. The number of aromatic nitrogens is 2. The van der Waals surface area contributed by atoms with E-state index in [9.17, 15) is 4.79 Å². The van der Waals surface area contributed by atoms with Crippen LogP contribution in [-0.2, 0) is 12.8 Å². The van der Waals surface area contributed by atoms with Gasteiger partial charge in [0.15, 0.2) is 0 Å². The van der Waals surface area contributed by atoms with E-state index in [-0.39, 0.29) is 5.56 Å². The predicted molar refractivity (Wildman–Crippen MR) is 62.7 cm³/mol. The van der Waals surface area contributed by atoms with Crippen LogP contribution in [0.15, 0.2) is 29.2 Å². The number of rotatable bonds is 0. The van der Waals surface area contributed by atoms with Gasteiger partial charge in [0, 0.05) is 11.8 Å². The molecule has 16 heavy (non-hydrogen) atoms. The Labute approximate surface area is 93.8 Å². The Balaban J connectivity index is 2.34. The summed E-state index contributed by atoms with van der Waals surface area (Å²) in [6.45, 7) is 0. The normalized spacial score (nSPS) is 15.8. The van der Waals surface area contributed by atoms with Gasteiger partial charge in [0.1, 0.15) is 5.65 Å². The summed E-state index contributed by atoms with van der Waals surface area (Å²) in [4.78, 5) is 16.8. The summed E-state index contributed by atoms with van der Waals surface area (Å²) >= 11 is 0. The van der Waals surface area contributed by atoms with Gasteiger partial charge in [-0.25, -0.2) is 4.98 Å². The van der Waals surface area contributed by atoms with E-state index in [0.717, 1.165) is 42.6 Å². The molecule has 3 heteroatoms. The lowest BCUT2D eigenvalue weighted by Gasteiger charge is -2.06. The number of pyridine rings is 1. The smallest absolute Gasteiger partial charge is 0.261 e. The second-order valence-electron chi connectivity index (χ2n) is 4.33. The fourth-order valence-electron chi connectivity index (χ4n) is 2.40. The van der Waals surface area contributed by atoms with Gasteiger partial charge < -0.3 is 0 Å². The van der Waals surface area contributed by atoms with Crippen LogP contribution in [0.2, 0.25) is 0 Å². The van der Waals surface area contributed by atoms with E-state index < -0.39 is 0 Å². The van der Waals surface area contributed by atoms with Gasteiger partial charge in [-0.05, 0) is 37.8 Å². The summed E-state index contributed by atoms with van der Waals surface area (Å²) in [5.74, 6) is 0. The summed E-state index contributed by atoms with van der Waals surface area (Å²) in [6, 6.07) is 5.69. The highest BCUT2D eigenvalue weighted by Crippen LogP contribution is 2.16. The van der Waals surface area contributed by atoms with Crippen LogP contribution in [0.4, 0.5) is 0 Å². The van der Waals surface area contributed by atoms with Crippen molar-refractivity contribution in [3.63, 3.8) is 0 Å². The largest absolute Gasteiger partial charge is 0.269 e. The SMILES string of the molecule is O=c1c2c(nc3ccccn13)CCCCC2. The molecule has 0 aromatic carbocycles. The fraction of sp³-hybridized carbons (Fsp3) is 0.385. The monoisotopic (exact) mass is 214 g/mol. The van der Waals surface area contributed by atoms with Crippen LogP contribution >= 0.6 is 0 Å². The third kappa shape index (κ3) is 1.43. The maximum absolute atomic E-state index is 12.2. The summed E-state index contributed by atoms with van der Waals surface area (Å²) in [5.41, 5.74) is 2.85. The number of hydrogen-bond acceptors (Lipinski definition) is 2. The maximum atomic E-state index is 12.2. The zero-order chi connectivity index (χ0) is 11.0. The molecule has 2 heterocycles. The van der Waals surface area contributed by atoms with Crippen LogP contribution in [0.3, 0.4) is 0 Å². The van der Waals surface area contributed by atoms with Gasteiger partial charge in [-0.1, -0.05) is 12.5 Å². The molecule has 0 fully saturated rings. The van der Waals surface area contributed by atoms with E-state index >= 15 is 0 Å². The van der Waals surface area contributed by atoms with Crippen molar-refractivity contribution in [2.45, 2.75) is 32.1 Å². The average Bonchev–Trinajstić information content (AvgIpc) is 2.55. The molecule has 0 atom stereocenters. The minimum atomic E-state index is 0.127. The van der Waals surface area contributed by atoms with E-state index in [1.807, 2.05) is 18.2 Å². The van der Waals surface area contributed by atoms with Gasteiger partial charge >= 0.3 is 0 Å². The molecule has 0 amide bonds. The predicted octanol–water partition coefficient (Wildman–Crippen LogP) is 1.96. The van der Waals surface area contributed by atoms with Crippen molar-refractivity contribution in [3.8, 4) is 0 Å². The minimum Gasteiger partial charge on any atom is -0.269 e. The average molecular weight is 214 g/mol. The van der Waals surface area contributed by atoms with Crippen molar-refractivity contribution in [2.24, 2.45) is 0 Å². The van der Waals surface area contributed by atoms with Crippen LogP contribution in [-0.4, -0.2) is 9.38 Å². The molecule has 1 aliphatic rings. The molecular weight excluding hydrogens is 200 g/mol. The maximum Gasteiger partial charge on any atom is 0.261 e. The van der Waals surface area contributed by atoms with Gasteiger partial charge in [0.25, 0.3) is 5.56 Å². The molecule has 0 saturated carbocycles. The molecule has 0 spiro atoms. The minimum absolute atomic E-state index is 0.127. The second kappa shape index (κ2) is 3.74. The molecule has 0 bridgehead atoms. The molecule has 0 aliphatic heterocycles. The standard InChI is InChI=1S/C13H14N2O/c16-13-10-6-2-1-3-7-11(10)14-12-8-4-5-9-15(12)13/h4-5,8-9H,1-3,6-7H2. The molecule has 0 radical (unpaired) electrons. The highest BCUT2D eigenvalue weighted by molar-refractivity contribution is 5.40. The molecule has 1 aliphatic carbocycles. The van der Waals surface area contributed by atoms with Crippen molar-refractivity contribution >= 4 is 5.65 Å². The van der Waals surface area contributed by atoms with Crippen molar-refractivity contribution in [2.75, 3.05) is 0 Å². The molecular formula is C13H14N2O. The zero-order valence-corrected chi connectivity index (χ0v) is 9.15. The van der Waals surface area contributed by atoms with Gasteiger partial charge in [-0.3, -0.25) is 9.20 Å². The molecule has 2 aromatic heterocycles. The lowest BCUT2D eigenvalue weighted by Crippen LogP contribution is -2.21. The Morgan fingerprint density at radius 3 is 2.94 bits per heavy atom. The first-order valence-corrected chi connectivity index (χ1v) is 5.85. The Bertz CT molecular complexity index is 586. The fourth-order valence-corrected chi connectivity index (χ4v) is 2.40. The van der Waals surface area contributed by atoms with Gasteiger partial charge in [-0.15, -0.1) is 0 Å². The van der Waals surface area contributed by atoms with Crippen molar-refractivity contribution in [3.05, 3.63) is 46.0 Å². The van der Waals surface area contributed by atoms with Crippen molar-refractivity contribution in [1.29, 1.82) is 0 Å². The van der Waals surface area contributed by atoms with Crippen LogP contribution < -0.4 is 5.56 Å². The van der Waals surface area contributed by atoms with Crippen LogP contribution in [0.25, 0.3) is 5.65 Å². The van der Waals surface area contributed by atoms with E-state index in [4.69, 9.17) is 0 Å². The van der Waals surface area contributed by atoms with Crippen LogP contribution in [0, 0.1) is 0 Å². The van der Waals surface area contributed by atoms with E-state index in [1.54, 1.807) is 10.6 Å². The van der Waals surface area contributed by atoms with E-state index in [0.29, 0.717) is 0 Å². The molecule has 0 N–H and O–H groups in total. The van der Waals surface area contributed by atoms with Gasteiger partial charge in [-0.2, -0.15) is 0 Å². The Morgan fingerprint density at radius 2 is 2.00 bits per heavy atom. The molecule has 82 valence electrons. The Morgan fingerprint density at radius 1 is 1.12 bits per heavy atom. The highest BCUT2D eigenvalue weighted by atomic mass is 16.1. The van der Waals surface area contributed by atoms with E-state index in [1.165, 1.54) is 6.42 Å². The first-order chi connectivity index (χ1) is 7.86. The number of fused-ring (bicyclic) bond motifs is 2. The summed E-state index contributed by atoms with van der Waals surface area (Å²) in [6.07, 6.45) is 7.12. The Hall–Kier alpha value is -1.64. The van der Waals surface area contributed by atoms with E-state index in [2.05, 4.69) is 4.98 Å². The first kappa shape index (κ1) is 9.58. The quantitative estimate of drug-likeness (QED) is 0.628. The second-order valence-corrected chi connectivity index (χ2v) is 4.33.